The zero-order valence-electron chi connectivity index (χ0n) is 9.18. The van der Waals surface area contributed by atoms with Crippen LogP contribution in [0.15, 0.2) is 4.99 Å². The SMILES string of the molecule is CC1(C)CN=C(NCC2CCC2)SC1. The van der Waals surface area contributed by atoms with Gasteiger partial charge in [-0.3, -0.25) is 4.99 Å². The largest absolute Gasteiger partial charge is 0.365 e. The van der Waals surface area contributed by atoms with E-state index in [4.69, 9.17) is 0 Å². The third-order valence-corrected chi connectivity index (χ3v) is 4.49. The van der Waals surface area contributed by atoms with Crippen LogP contribution in [0, 0.1) is 11.3 Å². The van der Waals surface area contributed by atoms with Gasteiger partial charge in [0.2, 0.25) is 0 Å². The van der Waals surface area contributed by atoms with Crippen molar-refractivity contribution in [3.05, 3.63) is 0 Å². The lowest BCUT2D eigenvalue weighted by atomic mass is 9.85. The summed E-state index contributed by atoms with van der Waals surface area (Å²) in [6, 6.07) is 0. The fourth-order valence-electron chi connectivity index (χ4n) is 1.68. The van der Waals surface area contributed by atoms with Crippen molar-refractivity contribution in [2.45, 2.75) is 33.1 Å². The third kappa shape index (κ3) is 2.66. The van der Waals surface area contributed by atoms with E-state index in [2.05, 4.69) is 24.2 Å². The average Bonchev–Trinajstić information content (AvgIpc) is 2.05. The van der Waals surface area contributed by atoms with Crippen LogP contribution in [-0.4, -0.2) is 24.0 Å². The zero-order valence-corrected chi connectivity index (χ0v) is 9.99. The summed E-state index contributed by atoms with van der Waals surface area (Å²) in [5, 5.41) is 4.65. The fraction of sp³-hybridized carbons (Fsp3) is 0.909. The molecular formula is C11H20N2S. The van der Waals surface area contributed by atoms with Gasteiger partial charge in [0.25, 0.3) is 0 Å². The first-order valence-electron chi connectivity index (χ1n) is 5.57. The molecule has 1 heterocycles. The standard InChI is InChI=1S/C11H20N2S/c1-11(2)7-13-10(14-8-11)12-6-9-4-3-5-9/h9H,3-8H2,1-2H3,(H,12,13). The second-order valence-electron chi connectivity index (χ2n) is 5.25. The van der Waals surface area contributed by atoms with Crippen LogP contribution < -0.4 is 5.32 Å². The van der Waals surface area contributed by atoms with Gasteiger partial charge in [-0.15, -0.1) is 0 Å². The van der Waals surface area contributed by atoms with Gasteiger partial charge in [0.05, 0.1) is 0 Å². The lowest BCUT2D eigenvalue weighted by Gasteiger charge is -2.30. The van der Waals surface area contributed by atoms with Crippen molar-refractivity contribution < 1.29 is 0 Å². The summed E-state index contributed by atoms with van der Waals surface area (Å²) in [4.78, 5) is 4.58. The molecule has 2 nitrogen and oxygen atoms in total. The molecule has 0 amide bonds. The molecule has 3 heteroatoms. The molecule has 0 radical (unpaired) electrons. The fourth-order valence-corrected chi connectivity index (χ4v) is 2.64. The molecule has 1 aliphatic heterocycles. The molecule has 0 aromatic rings. The number of hydrogen-bond acceptors (Lipinski definition) is 3. The minimum Gasteiger partial charge on any atom is -0.365 e. The van der Waals surface area contributed by atoms with E-state index in [9.17, 15) is 0 Å². The number of nitrogens with zero attached hydrogens (tertiary/aromatic N) is 1. The molecule has 0 bridgehead atoms. The zero-order chi connectivity index (χ0) is 10.0. The van der Waals surface area contributed by atoms with Crippen molar-refractivity contribution in [1.82, 2.24) is 5.32 Å². The van der Waals surface area contributed by atoms with E-state index in [1.165, 1.54) is 30.2 Å². The minimum absolute atomic E-state index is 0.395. The Labute approximate surface area is 90.9 Å². The van der Waals surface area contributed by atoms with E-state index in [1.54, 1.807) is 0 Å². The number of amidine groups is 1. The number of nitrogens with one attached hydrogen (secondary N) is 1. The summed E-state index contributed by atoms with van der Waals surface area (Å²) in [7, 11) is 0. The van der Waals surface area contributed by atoms with Gasteiger partial charge in [-0.2, -0.15) is 0 Å². The molecule has 2 rings (SSSR count). The van der Waals surface area contributed by atoms with Crippen molar-refractivity contribution in [3.63, 3.8) is 0 Å². The Morgan fingerprint density at radius 2 is 2.29 bits per heavy atom. The van der Waals surface area contributed by atoms with E-state index in [1.807, 2.05) is 11.8 Å². The first kappa shape index (κ1) is 10.3. The highest BCUT2D eigenvalue weighted by Gasteiger charge is 2.24. The smallest absolute Gasteiger partial charge is 0.156 e. The Kier molecular flexibility index (Phi) is 3.05. The normalized spacial score (nSPS) is 26.6. The first-order chi connectivity index (χ1) is 6.66. The van der Waals surface area contributed by atoms with Crippen LogP contribution in [0.5, 0.6) is 0 Å². The number of hydrogen-bond donors (Lipinski definition) is 1. The molecular weight excluding hydrogens is 192 g/mol. The average molecular weight is 212 g/mol. The van der Waals surface area contributed by atoms with Crippen LogP contribution in [0.1, 0.15) is 33.1 Å². The van der Waals surface area contributed by atoms with Gasteiger partial charge < -0.3 is 5.32 Å². The molecule has 0 atom stereocenters. The molecule has 0 spiro atoms. The molecule has 0 aromatic heterocycles. The molecule has 1 saturated carbocycles. The van der Waals surface area contributed by atoms with Crippen LogP contribution in [0.2, 0.25) is 0 Å². The summed E-state index contributed by atoms with van der Waals surface area (Å²) in [6.07, 6.45) is 4.26. The molecule has 0 unspecified atom stereocenters. The van der Waals surface area contributed by atoms with E-state index < -0.39 is 0 Å². The monoisotopic (exact) mass is 212 g/mol. The molecule has 1 aliphatic carbocycles. The lowest BCUT2D eigenvalue weighted by molar-refractivity contribution is 0.315. The Balaban J connectivity index is 1.73. The number of thioether (sulfide) groups is 1. The van der Waals surface area contributed by atoms with Gasteiger partial charge in [0, 0.05) is 18.8 Å². The Hall–Kier alpha value is -0.180. The van der Waals surface area contributed by atoms with Crippen LogP contribution in [0.25, 0.3) is 0 Å². The summed E-state index contributed by atoms with van der Waals surface area (Å²) in [5.74, 6) is 2.12. The maximum Gasteiger partial charge on any atom is 0.156 e. The molecule has 1 fully saturated rings. The summed E-state index contributed by atoms with van der Waals surface area (Å²) in [6.45, 7) is 6.69. The van der Waals surface area contributed by atoms with Crippen LogP contribution >= 0.6 is 11.8 Å². The van der Waals surface area contributed by atoms with Crippen molar-refractivity contribution in [2.75, 3.05) is 18.8 Å². The van der Waals surface area contributed by atoms with Gasteiger partial charge in [-0.05, 0) is 24.2 Å². The predicted molar refractivity (Wildman–Crippen MR) is 63.9 cm³/mol. The number of aliphatic imine (C=N–C) groups is 1. The van der Waals surface area contributed by atoms with Crippen molar-refractivity contribution in [3.8, 4) is 0 Å². The predicted octanol–water partition coefficient (Wildman–Crippen LogP) is 2.51. The van der Waals surface area contributed by atoms with Crippen molar-refractivity contribution in [2.24, 2.45) is 16.3 Å². The van der Waals surface area contributed by atoms with Gasteiger partial charge in [-0.25, -0.2) is 0 Å². The van der Waals surface area contributed by atoms with E-state index in [0.29, 0.717) is 5.41 Å². The van der Waals surface area contributed by atoms with E-state index in [-0.39, 0.29) is 0 Å². The van der Waals surface area contributed by atoms with Crippen LogP contribution in [0.3, 0.4) is 0 Å². The topological polar surface area (TPSA) is 24.4 Å². The Morgan fingerprint density at radius 1 is 1.50 bits per heavy atom. The quantitative estimate of drug-likeness (QED) is 0.760. The summed E-state index contributed by atoms with van der Waals surface area (Å²) in [5.41, 5.74) is 0.395. The Bertz CT molecular complexity index is 231. The van der Waals surface area contributed by atoms with E-state index in [0.717, 1.165) is 19.0 Å². The van der Waals surface area contributed by atoms with Crippen molar-refractivity contribution >= 4 is 16.9 Å². The molecule has 2 aliphatic rings. The van der Waals surface area contributed by atoms with E-state index >= 15 is 0 Å². The van der Waals surface area contributed by atoms with Gasteiger partial charge in [-0.1, -0.05) is 32.0 Å². The lowest BCUT2D eigenvalue weighted by Crippen LogP contribution is -2.35. The van der Waals surface area contributed by atoms with Gasteiger partial charge >= 0.3 is 0 Å². The summed E-state index contributed by atoms with van der Waals surface area (Å²) < 4.78 is 0. The van der Waals surface area contributed by atoms with Crippen LogP contribution in [-0.2, 0) is 0 Å². The summed E-state index contributed by atoms with van der Waals surface area (Å²) >= 11 is 1.89. The molecule has 1 N–H and O–H groups in total. The van der Waals surface area contributed by atoms with Crippen molar-refractivity contribution in [1.29, 1.82) is 0 Å². The van der Waals surface area contributed by atoms with Gasteiger partial charge in [0.15, 0.2) is 5.17 Å². The molecule has 0 saturated heterocycles. The molecule has 80 valence electrons. The van der Waals surface area contributed by atoms with Crippen LogP contribution in [0.4, 0.5) is 0 Å². The molecule has 14 heavy (non-hydrogen) atoms. The highest BCUT2D eigenvalue weighted by Crippen LogP contribution is 2.28. The first-order valence-corrected chi connectivity index (χ1v) is 6.55. The Morgan fingerprint density at radius 3 is 2.79 bits per heavy atom. The minimum atomic E-state index is 0.395. The maximum absolute atomic E-state index is 4.58. The van der Waals surface area contributed by atoms with Gasteiger partial charge in [0.1, 0.15) is 0 Å². The second kappa shape index (κ2) is 4.13. The second-order valence-corrected chi connectivity index (χ2v) is 6.22. The number of rotatable bonds is 2. The third-order valence-electron chi connectivity index (χ3n) is 3.02. The highest BCUT2D eigenvalue weighted by molar-refractivity contribution is 8.13. The molecule has 0 aromatic carbocycles. The maximum atomic E-state index is 4.58. The highest BCUT2D eigenvalue weighted by atomic mass is 32.2.